The normalized spacial score (nSPS) is 11.5. The van der Waals surface area contributed by atoms with E-state index in [1.54, 1.807) is 11.3 Å². The zero-order chi connectivity index (χ0) is 12.3. The van der Waals surface area contributed by atoms with Crippen LogP contribution < -0.4 is 5.32 Å². The van der Waals surface area contributed by atoms with Gasteiger partial charge in [-0.25, -0.2) is 4.98 Å². The van der Waals surface area contributed by atoms with Crippen LogP contribution in [0.4, 0.5) is 5.69 Å². The molecule has 1 aromatic heterocycles. The third-order valence-electron chi connectivity index (χ3n) is 2.54. The third kappa shape index (κ3) is 3.30. The SMILES string of the molecule is CC(C)(C)c1csc(CNc2ccccc2)n1. The summed E-state index contributed by atoms with van der Waals surface area (Å²) in [5.74, 6) is 0. The van der Waals surface area contributed by atoms with E-state index in [9.17, 15) is 0 Å². The number of benzene rings is 1. The summed E-state index contributed by atoms with van der Waals surface area (Å²) < 4.78 is 0. The Morgan fingerprint density at radius 2 is 1.88 bits per heavy atom. The first-order valence-corrected chi connectivity index (χ1v) is 6.67. The summed E-state index contributed by atoms with van der Waals surface area (Å²) in [7, 11) is 0. The third-order valence-corrected chi connectivity index (χ3v) is 3.39. The number of thiazole rings is 1. The molecule has 3 heteroatoms. The van der Waals surface area contributed by atoms with Crippen LogP contribution in [-0.2, 0) is 12.0 Å². The van der Waals surface area contributed by atoms with Crippen LogP contribution in [0.25, 0.3) is 0 Å². The fourth-order valence-corrected chi connectivity index (χ4v) is 2.43. The number of nitrogens with zero attached hydrogens (tertiary/aromatic N) is 1. The van der Waals surface area contributed by atoms with Crippen LogP contribution >= 0.6 is 11.3 Å². The average molecular weight is 246 g/mol. The van der Waals surface area contributed by atoms with Gasteiger partial charge in [-0.3, -0.25) is 0 Å². The predicted molar refractivity (Wildman–Crippen MR) is 74.6 cm³/mol. The van der Waals surface area contributed by atoms with Gasteiger partial charge in [0.2, 0.25) is 0 Å². The summed E-state index contributed by atoms with van der Waals surface area (Å²) in [5.41, 5.74) is 2.45. The minimum atomic E-state index is 0.140. The van der Waals surface area contributed by atoms with Crippen LogP contribution in [0.2, 0.25) is 0 Å². The van der Waals surface area contributed by atoms with Crippen molar-refractivity contribution in [1.29, 1.82) is 0 Å². The molecule has 0 spiro atoms. The highest BCUT2D eigenvalue weighted by atomic mass is 32.1. The van der Waals surface area contributed by atoms with Crippen molar-refractivity contribution in [2.45, 2.75) is 32.7 Å². The topological polar surface area (TPSA) is 24.9 Å². The summed E-state index contributed by atoms with van der Waals surface area (Å²) in [6.45, 7) is 7.37. The van der Waals surface area contributed by atoms with E-state index in [0.717, 1.165) is 17.2 Å². The standard InChI is InChI=1S/C14H18N2S/c1-14(2,3)12-10-17-13(16-12)9-15-11-7-5-4-6-8-11/h4-8,10,15H,9H2,1-3H3. The van der Waals surface area contributed by atoms with Crippen LogP contribution in [-0.4, -0.2) is 4.98 Å². The minimum Gasteiger partial charge on any atom is -0.379 e. The van der Waals surface area contributed by atoms with E-state index in [2.05, 4.69) is 48.6 Å². The molecule has 0 radical (unpaired) electrons. The first kappa shape index (κ1) is 12.1. The van der Waals surface area contributed by atoms with E-state index in [0.29, 0.717) is 0 Å². The molecule has 0 aliphatic rings. The maximum atomic E-state index is 4.65. The van der Waals surface area contributed by atoms with Crippen molar-refractivity contribution in [3.63, 3.8) is 0 Å². The molecule has 1 N–H and O–H groups in total. The Labute approximate surface area is 107 Å². The summed E-state index contributed by atoms with van der Waals surface area (Å²) in [5, 5.41) is 6.67. The van der Waals surface area contributed by atoms with Gasteiger partial charge in [0.1, 0.15) is 5.01 Å². The maximum absolute atomic E-state index is 4.65. The molecule has 0 aliphatic carbocycles. The molecular weight excluding hydrogens is 228 g/mol. The first-order chi connectivity index (χ1) is 8.05. The molecule has 0 unspecified atom stereocenters. The van der Waals surface area contributed by atoms with Gasteiger partial charge in [0.15, 0.2) is 0 Å². The van der Waals surface area contributed by atoms with Crippen LogP contribution in [0, 0.1) is 0 Å². The highest BCUT2D eigenvalue weighted by Gasteiger charge is 2.17. The molecule has 0 fully saturated rings. The molecule has 1 aromatic carbocycles. The lowest BCUT2D eigenvalue weighted by Gasteiger charge is -2.14. The molecule has 0 saturated heterocycles. The van der Waals surface area contributed by atoms with Gasteiger partial charge in [-0.1, -0.05) is 39.0 Å². The summed E-state index contributed by atoms with van der Waals surface area (Å²) >= 11 is 1.72. The number of aromatic nitrogens is 1. The Balaban J connectivity index is 1.99. The largest absolute Gasteiger partial charge is 0.379 e. The smallest absolute Gasteiger partial charge is 0.112 e. The van der Waals surface area contributed by atoms with E-state index in [1.165, 1.54) is 5.69 Å². The van der Waals surface area contributed by atoms with E-state index >= 15 is 0 Å². The van der Waals surface area contributed by atoms with Crippen LogP contribution in [0.5, 0.6) is 0 Å². The second-order valence-electron chi connectivity index (χ2n) is 5.10. The average Bonchev–Trinajstić information content (AvgIpc) is 2.76. The van der Waals surface area contributed by atoms with Crippen LogP contribution in [0.15, 0.2) is 35.7 Å². The quantitative estimate of drug-likeness (QED) is 0.883. The van der Waals surface area contributed by atoms with Gasteiger partial charge in [-0.2, -0.15) is 0 Å². The second kappa shape index (κ2) is 4.88. The number of nitrogens with one attached hydrogen (secondary N) is 1. The number of rotatable bonds is 3. The van der Waals surface area contributed by atoms with Gasteiger partial charge in [0, 0.05) is 16.5 Å². The van der Waals surface area contributed by atoms with Gasteiger partial charge in [-0.15, -0.1) is 11.3 Å². The van der Waals surface area contributed by atoms with E-state index in [4.69, 9.17) is 0 Å². The molecule has 1 heterocycles. The fraction of sp³-hybridized carbons (Fsp3) is 0.357. The van der Waals surface area contributed by atoms with Crippen molar-refractivity contribution in [2.75, 3.05) is 5.32 Å². The van der Waals surface area contributed by atoms with E-state index in [-0.39, 0.29) is 5.41 Å². The Bertz CT molecular complexity index is 468. The lowest BCUT2D eigenvalue weighted by atomic mass is 9.93. The molecular formula is C14H18N2S. The molecule has 2 nitrogen and oxygen atoms in total. The summed E-state index contributed by atoms with van der Waals surface area (Å²) in [6.07, 6.45) is 0. The maximum Gasteiger partial charge on any atom is 0.112 e. The number of para-hydroxylation sites is 1. The molecule has 0 atom stereocenters. The summed E-state index contributed by atoms with van der Waals surface area (Å²) in [6, 6.07) is 10.2. The molecule has 0 aliphatic heterocycles. The van der Waals surface area contributed by atoms with Gasteiger partial charge in [0.25, 0.3) is 0 Å². The summed E-state index contributed by atoms with van der Waals surface area (Å²) in [4.78, 5) is 4.65. The Hall–Kier alpha value is -1.35. The zero-order valence-electron chi connectivity index (χ0n) is 10.5. The van der Waals surface area contributed by atoms with Crippen molar-refractivity contribution < 1.29 is 0 Å². The molecule has 0 amide bonds. The minimum absolute atomic E-state index is 0.140. The first-order valence-electron chi connectivity index (χ1n) is 5.79. The number of hydrogen-bond acceptors (Lipinski definition) is 3. The highest BCUT2D eigenvalue weighted by molar-refractivity contribution is 7.09. The lowest BCUT2D eigenvalue weighted by Crippen LogP contribution is -2.11. The van der Waals surface area contributed by atoms with Gasteiger partial charge < -0.3 is 5.32 Å². The monoisotopic (exact) mass is 246 g/mol. The predicted octanol–water partition coefficient (Wildman–Crippen LogP) is 4.05. The second-order valence-corrected chi connectivity index (χ2v) is 6.04. The van der Waals surface area contributed by atoms with Crippen molar-refractivity contribution in [2.24, 2.45) is 0 Å². The Kier molecular flexibility index (Phi) is 3.48. The zero-order valence-corrected chi connectivity index (χ0v) is 11.3. The molecule has 2 rings (SSSR count). The molecule has 17 heavy (non-hydrogen) atoms. The van der Waals surface area contributed by atoms with E-state index in [1.807, 2.05) is 18.2 Å². The Morgan fingerprint density at radius 3 is 2.47 bits per heavy atom. The van der Waals surface area contributed by atoms with Crippen molar-refractivity contribution >= 4 is 17.0 Å². The van der Waals surface area contributed by atoms with Crippen LogP contribution in [0.3, 0.4) is 0 Å². The van der Waals surface area contributed by atoms with E-state index < -0.39 is 0 Å². The molecule has 2 aromatic rings. The van der Waals surface area contributed by atoms with Crippen LogP contribution in [0.1, 0.15) is 31.5 Å². The lowest BCUT2D eigenvalue weighted by molar-refractivity contribution is 0.571. The molecule has 0 saturated carbocycles. The van der Waals surface area contributed by atoms with Gasteiger partial charge >= 0.3 is 0 Å². The fourth-order valence-electron chi connectivity index (χ4n) is 1.47. The molecule has 90 valence electrons. The van der Waals surface area contributed by atoms with Crippen molar-refractivity contribution in [3.8, 4) is 0 Å². The highest BCUT2D eigenvalue weighted by Crippen LogP contribution is 2.24. The number of anilines is 1. The number of hydrogen-bond donors (Lipinski definition) is 1. The van der Waals surface area contributed by atoms with Crippen molar-refractivity contribution in [3.05, 3.63) is 46.4 Å². The Morgan fingerprint density at radius 1 is 1.18 bits per heavy atom. The van der Waals surface area contributed by atoms with Gasteiger partial charge in [0.05, 0.1) is 12.2 Å². The van der Waals surface area contributed by atoms with Crippen molar-refractivity contribution in [1.82, 2.24) is 4.98 Å². The van der Waals surface area contributed by atoms with Gasteiger partial charge in [-0.05, 0) is 12.1 Å². The molecule has 0 bridgehead atoms.